The quantitative estimate of drug-likeness (QED) is 0.822. The number of aromatic nitrogens is 3. The van der Waals surface area contributed by atoms with E-state index in [2.05, 4.69) is 39.1 Å². The zero-order valence-electron chi connectivity index (χ0n) is 11.3. The maximum atomic E-state index is 4.44. The van der Waals surface area contributed by atoms with Gasteiger partial charge in [0, 0.05) is 25.0 Å². The standard InChI is InChI=1S/C14H20N4/c1-11-5-6-14(16-10-11)15-7-4-8-18-13(3)9-12(2)17-18/h5-6,9-10H,4,7-8H2,1-3H3,(H,15,16). The molecule has 0 atom stereocenters. The van der Waals surface area contributed by atoms with Gasteiger partial charge in [-0.05, 0) is 44.9 Å². The number of nitrogens with zero attached hydrogens (tertiary/aromatic N) is 3. The van der Waals surface area contributed by atoms with Crippen LogP contribution in [0.2, 0.25) is 0 Å². The van der Waals surface area contributed by atoms with E-state index < -0.39 is 0 Å². The number of nitrogens with one attached hydrogen (secondary N) is 1. The Kier molecular flexibility index (Phi) is 3.97. The Morgan fingerprint density at radius 3 is 2.67 bits per heavy atom. The highest BCUT2D eigenvalue weighted by Crippen LogP contribution is 2.05. The van der Waals surface area contributed by atoms with Gasteiger partial charge in [-0.3, -0.25) is 4.68 Å². The zero-order chi connectivity index (χ0) is 13.0. The predicted molar refractivity (Wildman–Crippen MR) is 73.8 cm³/mol. The Hall–Kier alpha value is -1.84. The molecule has 0 spiro atoms. The molecule has 0 bridgehead atoms. The third kappa shape index (κ3) is 3.32. The molecule has 0 aliphatic carbocycles. The van der Waals surface area contributed by atoms with Crippen molar-refractivity contribution in [1.29, 1.82) is 0 Å². The van der Waals surface area contributed by atoms with E-state index in [9.17, 15) is 0 Å². The van der Waals surface area contributed by atoms with Gasteiger partial charge in [-0.2, -0.15) is 5.10 Å². The summed E-state index contributed by atoms with van der Waals surface area (Å²) in [6.07, 6.45) is 2.92. The highest BCUT2D eigenvalue weighted by Gasteiger charge is 2.00. The summed E-state index contributed by atoms with van der Waals surface area (Å²) in [7, 11) is 0. The van der Waals surface area contributed by atoms with E-state index in [1.54, 1.807) is 0 Å². The summed E-state index contributed by atoms with van der Waals surface area (Å²) in [5, 5.41) is 7.76. The van der Waals surface area contributed by atoms with Crippen LogP contribution in [0.15, 0.2) is 24.4 Å². The molecule has 0 saturated heterocycles. The smallest absolute Gasteiger partial charge is 0.125 e. The SMILES string of the molecule is Cc1ccc(NCCCn2nc(C)cc2C)nc1. The van der Waals surface area contributed by atoms with Crippen LogP contribution >= 0.6 is 0 Å². The van der Waals surface area contributed by atoms with E-state index in [4.69, 9.17) is 0 Å². The molecule has 2 aromatic heterocycles. The molecule has 4 nitrogen and oxygen atoms in total. The minimum absolute atomic E-state index is 0.911. The van der Waals surface area contributed by atoms with Crippen molar-refractivity contribution in [3.8, 4) is 0 Å². The van der Waals surface area contributed by atoms with Gasteiger partial charge < -0.3 is 5.32 Å². The minimum atomic E-state index is 0.911. The van der Waals surface area contributed by atoms with Crippen molar-refractivity contribution in [3.05, 3.63) is 41.3 Å². The number of hydrogen-bond acceptors (Lipinski definition) is 3. The van der Waals surface area contributed by atoms with Crippen LogP contribution in [0.4, 0.5) is 5.82 Å². The fraction of sp³-hybridized carbons (Fsp3) is 0.429. The van der Waals surface area contributed by atoms with Crippen molar-refractivity contribution in [2.24, 2.45) is 0 Å². The second-order valence-corrected chi connectivity index (χ2v) is 4.65. The summed E-state index contributed by atoms with van der Waals surface area (Å²) in [6.45, 7) is 8.01. The number of aryl methyl sites for hydroxylation is 4. The summed E-state index contributed by atoms with van der Waals surface area (Å²) in [5.41, 5.74) is 3.49. The molecule has 18 heavy (non-hydrogen) atoms. The first kappa shape index (κ1) is 12.6. The molecule has 1 N–H and O–H groups in total. The van der Waals surface area contributed by atoms with E-state index in [1.807, 2.05) is 26.1 Å². The van der Waals surface area contributed by atoms with Crippen LogP contribution in [0.25, 0.3) is 0 Å². The second kappa shape index (κ2) is 5.67. The highest BCUT2D eigenvalue weighted by atomic mass is 15.3. The lowest BCUT2D eigenvalue weighted by Gasteiger charge is -2.07. The first-order valence-corrected chi connectivity index (χ1v) is 6.33. The van der Waals surface area contributed by atoms with Crippen molar-refractivity contribution in [1.82, 2.24) is 14.8 Å². The van der Waals surface area contributed by atoms with Gasteiger partial charge >= 0.3 is 0 Å². The van der Waals surface area contributed by atoms with E-state index in [1.165, 1.54) is 11.3 Å². The van der Waals surface area contributed by atoms with Crippen LogP contribution < -0.4 is 5.32 Å². The van der Waals surface area contributed by atoms with Crippen molar-refractivity contribution in [2.45, 2.75) is 33.7 Å². The molecule has 2 aromatic rings. The molecule has 0 saturated carbocycles. The van der Waals surface area contributed by atoms with E-state index >= 15 is 0 Å². The van der Waals surface area contributed by atoms with E-state index in [0.29, 0.717) is 0 Å². The van der Waals surface area contributed by atoms with Crippen LogP contribution in [0, 0.1) is 20.8 Å². The number of hydrogen-bond donors (Lipinski definition) is 1. The third-order valence-corrected chi connectivity index (χ3v) is 2.87. The average molecular weight is 244 g/mol. The van der Waals surface area contributed by atoms with Gasteiger partial charge in [0.2, 0.25) is 0 Å². The number of anilines is 1. The Morgan fingerprint density at radius 2 is 2.06 bits per heavy atom. The van der Waals surface area contributed by atoms with Crippen molar-refractivity contribution in [2.75, 3.05) is 11.9 Å². The van der Waals surface area contributed by atoms with Crippen LogP contribution in [0.1, 0.15) is 23.4 Å². The Bertz CT molecular complexity index is 499. The molecule has 0 aliphatic rings. The van der Waals surface area contributed by atoms with Gasteiger partial charge in [-0.15, -0.1) is 0 Å². The first-order chi connectivity index (χ1) is 8.65. The van der Waals surface area contributed by atoms with E-state index in [-0.39, 0.29) is 0 Å². The normalized spacial score (nSPS) is 10.6. The topological polar surface area (TPSA) is 42.7 Å². The summed E-state index contributed by atoms with van der Waals surface area (Å²) in [4.78, 5) is 4.31. The monoisotopic (exact) mass is 244 g/mol. The van der Waals surface area contributed by atoms with Crippen LogP contribution in [0.3, 0.4) is 0 Å². The summed E-state index contributed by atoms with van der Waals surface area (Å²) in [6, 6.07) is 6.18. The van der Waals surface area contributed by atoms with Gasteiger partial charge in [-0.1, -0.05) is 6.07 Å². The Balaban J connectivity index is 1.76. The molecule has 0 radical (unpaired) electrons. The summed E-state index contributed by atoms with van der Waals surface area (Å²) in [5.74, 6) is 0.939. The van der Waals surface area contributed by atoms with Gasteiger partial charge in [0.1, 0.15) is 5.82 Å². The molecular formula is C14H20N4. The van der Waals surface area contributed by atoms with Crippen molar-refractivity contribution in [3.63, 3.8) is 0 Å². The maximum Gasteiger partial charge on any atom is 0.125 e. The molecule has 96 valence electrons. The van der Waals surface area contributed by atoms with Crippen LogP contribution in [0.5, 0.6) is 0 Å². The van der Waals surface area contributed by atoms with Gasteiger partial charge in [0.05, 0.1) is 5.69 Å². The third-order valence-electron chi connectivity index (χ3n) is 2.87. The first-order valence-electron chi connectivity index (χ1n) is 6.33. The molecular weight excluding hydrogens is 224 g/mol. The largest absolute Gasteiger partial charge is 0.370 e. The fourth-order valence-corrected chi connectivity index (χ4v) is 1.92. The summed E-state index contributed by atoms with van der Waals surface area (Å²) < 4.78 is 2.06. The van der Waals surface area contributed by atoms with Gasteiger partial charge in [-0.25, -0.2) is 4.98 Å². The van der Waals surface area contributed by atoms with Gasteiger partial charge in [0.25, 0.3) is 0 Å². The predicted octanol–water partition coefficient (Wildman–Crippen LogP) is 2.71. The lowest BCUT2D eigenvalue weighted by molar-refractivity contribution is 0.573. The van der Waals surface area contributed by atoms with E-state index in [0.717, 1.165) is 31.0 Å². The average Bonchev–Trinajstić information content (AvgIpc) is 2.66. The molecule has 4 heteroatoms. The van der Waals surface area contributed by atoms with Crippen LogP contribution in [-0.4, -0.2) is 21.3 Å². The van der Waals surface area contributed by atoms with Crippen molar-refractivity contribution >= 4 is 5.82 Å². The lowest BCUT2D eigenvalue weighted by atomic mass is 10.3. The fourth-order valence-electron chi connectivity index (χ4n) is 1.92. The molecule has 2 rings (SSSR count). The summed E-state index contributed by atoms with van der Waals surface area (Å²) >= 11 is 0. The molecule has 0 unspecified atom stereocenters. The van der Waals surface area contributed by atoms with Crippen LogP contribution in [-0.2, 0) is 6.54 Å². The Labute approximate surface area is 108 Å². The zero-order valence-corrected chi connectivity index (χ0v) is 11.3. The second-order valence-electron chi connectivity index (χ2n) is 4.65. The Morgan fingerprint density at radius 1 is 1.22 bits per heavy atom. The molecule has 0 amide bonds. The molecule has 0 aliphatic heterocycles. The maximum absolute atomic E-state index is 4.44. The lowest BCUT2D eigenvalue weighted by Crippen LogP contribution is -2.09. The number of rotatable bonds is 5. The van der Waals surface area contributed by atoms with Crippen molar-refractivity contribution < 1.29 is 0 Å². The molecule has 0 aromatic carbocycles. The van der Waals surface area contributed by atoms with Gasteiger partial charge in [0.15, 0.2) is 0 Å². The molecule has 2 heterocycles. The molecule has 0 fully saturated rings. The minimum Gasteiger partial charge on any atom is -0.370 e. The highest BCUT2D eigenvalue weighted by molar-refractivity contribution is 5.34. The number of pyridine rings is 1.